The van der Waals surface area contributed by atoms with Crippen LogP contribution in [0.2, 0.25) is 0 Å². The number of benzene rings is 2. The molecule has 0 saturated heterocycles. The number of carbonyl (C=O) groups is 5. The molecule has 2 aliphatic heterocycles. The summed E-state index contributed by atoms with van der Waals surface area (Å²) in [5.41, 5.74) is 5.29. The first-order chi connectivity index (χ1) is 25.8. The zero-order valence-corrected chi connectivity index (χ0v) is 30.3. The number of imide groups is 2. The zero-order chi connectivity index (χ0) is 40.6. The molecule has 0 atom stereocenters. The van der Waals surface area contributed by atoms with E-state index in [1.807, 2.05) is 0 Å². The lowest BCUT2D eigenvalue weighted by molar-refractivity contribution is -0.125. The Morgan fingerprint density at radius 1 is 0.714 bits per heavy atom. The molecule has 0 radical (unpaired) electrons. The summed E-state index contributed by atoms with van der Waals surface area (Å²) < 4.78 is 80.9. The van der Waals surface area contributed by atoms with Gasteiger partial charge in [0.15, 0.2) is 0 Å². The van der Waals surface area contributed by atoms with Gasteiger partial charge in [-0.05, 0) is 24.3 Å². The molecule has 4 N–H and O–H groups in total. The van der Waals surface area contributed by atoms with Crippen LogP contribution in [0.25, 0.3) is 0 Å². The first-order valence-corrected chi connectivity index (χ1v) is 16.0. The highest BCUT2D eigenvalue weighted by atomic mass is 35.5. The molecule has 4 aromatic rings. The third kappa shape index (κ3) is 11.7. The van der Waals surface area contributed by atoms with E-state index in [1.165, 1.54) is 35.5 Å². The van der Waals surface area contributed by atoms with E-state index < -0.39 is 86.2 Å². The van der Waals surface area contributed by atoms with Crippen molar-refractivity contribution in [2.75, 3.05) is 33.7 Å². The molecule has 0 spiro atoms. The van der Waals surface area contributed by atoms with E-state index in [1.54, 1.807) is 38.4 Å². The van der Waals surface area contributed by atoms with Gasteiger partial charge in [-0.2, -0.15) is 10.2 Å². The number of hydrogen-bond acceptors (Lipinski definition) is 10. The van der Waals surface area contributed by atoms with Gasteiger partial charge in [0.05, 0.1) is 67.5 Å². The van der Waals surface area contributed by atoms with Gasteiger partial charge in [-0.1, -0.05) is 24.3 Å². The number of halogens is 7. The second kappa shape index (κ2) is 18.5. The minimum atomic E-state index is -3.55. The molecule has 56 heavy (non-hydrogen) atoms. The summed E-state index contributed by atoms with van der Waals surface area (Å²) >= 11 is 0. The van der Waals surface area contributed by atoms with E-state index in [2.05, 4.69) is 35.4 Å². The molecular formula is C33H34ClF6N11O5. The fourth-order valence-electron chi connectivity index (χ4n) is 4.98. The minimum absolute atomic E-state index is 0. The third-order valence-corrected chi connectivity index (χ3v) is 7.46. The second-order valence-electron chi connectivity index (χ2n) is 12.3. The quantitative estimate of drug-likeness (QED) is 0.0818. The highest BCUT2D eigenvalue weighted by molar-refractivity contribution is 6.22. The predicted octanol–water partition coefficient (Wildman–Crippen LogP) is 3.07. The van der Waals surface area contributed by atoms with Crippen LogP contribution in [0, 0.1) is 0 Å². The van der Waals surface area contributed by atoms with E-state index in [4.69, 9.17) is 5.73 Å². The fraction of sp³-hybridized carbons (Fsp3) is 0.333. The number of nitrogens with one attached hydrogen (secondary N) is 2. The van der Waals surface area contributed by atoms with Gasteiger partial charge < -0.3 is 10.6 Å². The lowest BCUT2D eigenvalue weighted by Gasteiger charge is -2.21. The number of aliphatic imine (C=N–C) groups is 1. The summed E-state index contributed by atoms with van der Waals surface area (Å²) in [6, 6.07) is 12.0. The van der Waals surface area contributed by atoms with Crippen LogP contribution in [-0.4, -0.2) is 132 Å². The van der Waals surface area contributed by atoms with Crippen LogP contribution >= 0.6 is 12.4 Å². The number of aromatic nitrogens is 6. The fourth-order valence-corrected chi connectivity index (χ4v) is 4.98. The van der Waals surface area contributed by atoms with E-state index in [-0.39, 0.29) is 46.3 Å². The molecule has 6 rings (SSSR count). The number of fused-ring (bicyclic) bond motifs is 2. The van der Waals surface area contributed by atoms with Crippen molar-refractivity contribution in [2.45, 2.75) is 37.0 Å². The summed E-state index contributed by atoms with van der Waals surface area (Å²) in [7, 11) is 3.18. The minimum Gasteiger partial charge on any atom is -0.369 e. The number of nitrogens with two attached hydrogens (primary N) is 1. The highest BCUT2D eigenvalue weighted by Crippen LogP contribution is 2.29. The normalized spacial score (nSPS) is 13.8. The van der Waals surface area contributed by atoms with Crippen molar-refractivity contribution in [3.8, 4) is 0 Å². The van der Waals surface area contributed by atoms with Crippen LogP contribution in [0.4, 0.5) is 26.3 Å². The van der Waals surface area contributed by atoms with Gasteiger partial charge in [0.2, 0.25) is 0 Å². The summed E-state index contributed by atoms with van der Waals surface area (Å²) in [6.07, 6.45) is 1.03. The Labute approximate surface area is 320 Å². The van der Waals surface area contributed by atoms with Gasteiger partial charge in [-0.3, -0.25) is 44.0 Å². The van der Waals surface area contributed by atoms with Crippen LogP contribution in [0.1, 0.15) is 59.5 Å². The Hall–Kier alpha value is -6.03. The van der Waals surface area contributed by atoms with Crippen molar-refractivity contribution in [3.63, 3.8) is 0 Å². The predicted molar refractivity (Wildman–Crippen MR) is 187 cm³/mol. The van der Waals surface area contributed by atoms with Gasteiger partial charge in [0.1, 0.15) is 24.3 Å². The van der Waals surface area contributed by atoms with Gasteiger partial charge in [-0.15, -0.1) is 12.4 Å². The molecule has 0 aliphatic carbocycles. The number of rotatable bonds is 12. The molecular weight excluding hydrogens is 780 g/mol. The van der Waals surface area contributed by atoms with Gasteiger partial charge in [0, 0.05) is 14.1 Å². The maximum Gasteiger partial charge on any atom is 0.274 e. The van der Waals surface area contributed by atoms with Crippen molar-refractivity contribution >= 4 is 48.3 Å². The molecule has 23 heteroatoms. The molecule has 0 saturated carbocycles. The second-order valence-corrected chi connectivity index (χ2v) is 12.3. The molecule has 300 valence electrons. The number of carbonyl (C=O) groups excluding carboxylic acids is 5. The number of amides is 5. The molecule has 0 bridgehead atoms. The van der Waals surface area contributed by atoms with Crippen LogP contribution < -0.4 is 5.73 Å². The first kappa shape index (κ1) is 44.4. The Balaban J connectivity index is 0.000000236. The molecule has 16 nitrogen and oxygen atoms in total. The van der Waals surface area contributed by atoms with Gasteiger partial charge in [-0.25, -0.2) is 41.3 Å². The van der Waals surface area contributed by atoms with E-state index in [0.717, 1.165) is 12.7 Å². The SMILES string of the molecule is CN(C)C=NC(=O)CC(F)(F)CN1C(=O)c2ccccc2C1=O.Cl.NCC(F)(F)Cc1ncn[nH]1.O=C1c2ccccc2C(=O)N1CC(F)(F)Cc1ncn[nH]1. The summed E-state index contributed by atoms with van der Waals surface area (Å²) in [5, 5.41) is 11.6. The molecule has 0 fully saturated rings. The van der Waals surface area contributed by atoms with Crippen molar-refractivity contribution in [2.24, 2.45) is 10.7 Å². The van der Waals surface area contributed by atoms with Crippen molar-refractivity contribution in [1.29, 1.82) is 0 Å². The molecule has 4 heterocycles. The average Bonchev–Trinajstić information content (AvgIpc) is 3.92. The van der Waals surface area contributed by atoms with E-state index in [0.29, 0.717) is 9.80 Å². The molecule has 2 aromatic heterocycles. The number of aromatic amines is 2. The van der Waals surface area contributed by atoms with E-state index in [9.17, 15) is 50.3 Å². The van der Waals surface area contributed by atoms with Crippen LogP contribution in [0.3, 0.4) is 0 Å². The van der Waals surface area contributed by atoms with Crippen molar-refractivity contribution < 1.29 is 50.3 Å². The van der Waals surface area contributed by atoms with Crippen molar-refractivity contribution in [1.82, 2.24) is 45.1 Å². The van der Waals surface area contributed by atoms with Gasteiger partial charge in [0.25, 0.3) is 47.3 Å². The molecule has 5 amide bonds. The smallest absolute Gasteiger partial charge is 0.274 e. The third-order valence-electron chi connectivity index (χ3n) is 7.46. The number of H-pyrrole nitrogens is 2. The monoisotopic (exact) mass is 813 g/mol. The maximum absolute atomic E-state index is 14.0. The Morgan fingerprint density at radius 2 is 1.09 bits per heavy atom. The van der Waals surface area contributed by atoms with Gasteiger partial charge >= 0.3 is 0 Å². The Bertz CT molecular complexity index is 1960. The lowest BCUT2D eigenvalue weighted by Crippen LogP contribution is -2.41. The Morgan fingerprint density at radius 3 is 1.43 bits per heavy atom. The topological polar surface area (TPSA) is 217 Å². The molecule has 0 unspecified atom stereocenters. The van der Waals surface area contributed by atoms with Crippen LogP contribution in [0.15, 0.2) is 66.2 Å². The van der Waals surface area contributed by atoms with Crippen LogP contribution in [-0.2, 0) is 17.6 Å². The first-order valence-electron chi connectivity index (χ1n) is 16.0. The Kier molecular flexibility index (Phi) is 14.7. The summed E-state index contributed by atoms with van der Waals surface area (Å²) in [4.78, 5) is 72.5. The summed E-state index contributed by atoms with van der Waals surface area (Å²) in [6.45, 7) is -2.81. The van der Waals surface area contributed by atoms with E-state index >= 15 is 0 Å². The number of hydrogen-bond donors (Lipinski definition) is 3. The number of nitrogens with zero attached hydrogens (tertiary/aromatic N) is 8. The zero-order valence-electron chi connectivity index (χ0n) is 29.5. The molecule has 2 aliphatic rings. The maximum atomic E-state index is 14.0. The number of alkyl halides is 6. The highest BCUT2D eigenvalue weighted by Gasteiger charge is 2.44. The molecule has 2 aromatic carbocycles. The van der Waals surface area contributed by atoms with Crippen molar-refractivity contribution in [3.05, 3.63) is 95.1 Å². The summed E-state index contributed by atoms with van der Waals surface area (Å²) in [5.74, 6) is -13.6. The largest absolute Gasteiger partial charge is 0.369 e. The standard InChI is InChI=1S/C15H15F2N3O3.C13H10F2N4O2.C5H8F2N4.ClH/c1-19(2)9-18-12(21)7-15(16,17)8-20-13(22)10-5-3-4-6-11(10)14(20)23;14-13(15,5-10-16-7-17-18-10)6-19-11(20)8-3-1-2-4-9(8)12(19)21;6-5(7,2-8)1-4-9-3-10-11-4;/h3-6,9H,7-8H2,1-2H3;1-4,7H,5-6H2,(H,16,17,18);3H,1-2,8H2,(H,9,10,11);1H. The average molecular weight is 814 g/mol. The lowest BCUT2D eigenvalue weighted by atomic mass is 10.1. The van der Waals surface area contributed by atoms with Crippen LogP contribution in [0.5, 0.6) is 0 Å².